The van der Waals surface area contributed by atoms with E-state index in [-0.39, 0.29) is 11.2 Å². The van der Waals surface area contributed by atoms with Crippen molar-refractivity contribution < 1.29 is 14.6 Å². The van der Waals surface area contributed by atoms with Gasteiger partial charge in [0.15, 0.2) is 11.5 Å². The minimum atomic E-state index is -0.162. The van der Waals surface area contributed by atoms with Crippen molar-refractivity contribution in [3.05, 3.63) is 23.3 Å². The number of Topliss-reactive ketones (excluding diaryl/α,β-unsaturated/α-hetero) is 1. The molecule has 4 atom stereocenters. The fraction of sp³-hybridized carbons (Fsp3) is 0.632. The van der Waals surface area contributed by atoms with Crippen molar-refractivity contribution >= 4 is 5.78 Å². The lowest BCUT2D eigenvalue weighted by Gasteiger charge is -2.58. The molecule has 0 saturated heterocycles. The zero-order chi connectivity index (χ0) is 15.5. The van der Waals surface area contributed by atoms with Gasteiger partial charge < -0.3 is 9.84 Å². The molecule has 1 unspecified atom stereocenters. The van der Waals surface area contributed by atoms with Crippen LogP contribution in [0.15, 0.2) is 12.1 Å². The second-order valence-corrected chi connectivity index (χ2v) is 7.49. The van der Waals surface area contributed by atoms with Crippen molar-refractivity contribution in [3.8, 4) is 11.5 Å². The Bertz CT molecular complexity index is 636. The number of phenolic OH excluding ortho intramolecular Hbond substituents is 1. The summed E-state index contributed by atoms with van der Waals surface area (Å²) in [5, 5.41) is 10.8. The summed E-state index contributed by atoms with van der Waals surface area (Å²) in [5.74, 6) is 2.84. The van der Waals surface area contributed by atoms with E-state index in [2.05, 4.69) is 13.0 Å². The third-order valence-electron chi connectivity index (χ3n) is 6.70. The van der Waals surface area contributed by atoms with Crippen LogP contribution in [0, 0.1) is 17.8 Å². The Hall–Kier alpha value is -1.51. The van der Waals surface area contributed by atoms with E-state index in [1.165, 1.54) is 12.0 Å². The predicted molar refractivity (Wildman–Crippen MR) is 84.3 cm³/mol. The molecule has 1 N–H and O–H groups in total. The van der Waals surface area contributed by atoms with Gasteiger partial charge >= 0.3 is 0 Å². The highest BCUT2D eigenvalue weighted by Crippen LogP contribution is 2.62. The standard InChI is InChI=1S/C19H24O3/c1-11-3-4-12-9-13-5-8-16(22-2)18(21)17(13)19(11)10-14(20)6-7-15(12)19/h5,8,11-12,15,21H,3-4,6-7,9-10H2,1-2H3/t11-,12+,15?,19+/m0/s1. The van der Waals surface area contributed by atoms with Gasteiger partial charge in [0.1, 0.15) is 5.78 Å². The molecule has 0 aliphatic heterocycles. The van der Waals surface area contributed by atoms with Crippen LogP contribution in [-0.4, -0.2) is 18.0 Å². The zero-order valence-electron chi connectivity index (χ0n) is 13.4. The number of rotatable bonds is 1. The number of ketones is 1. The predicted octanol–water partition coefficient (Wildman–Crippen LogP) is 3.61. The van der Waals surface area contributed by atoms with Gasteiger partial charge in [-0.25, -0.2) is 0 Å². The number of hydrogen-bond acceptors (Lipinski definition) is 3. The summed E-state index contributed by atoms with van der Waals surface area (Å²) in [5.41, 5.74) is 2.11. The number of ether oxygens (including phenoxy) is 1. The SMILES string of the molecule is COc1ccc2c(c1O)[C@@]13CC(=O)CCC1[C@H](CC[C@@H]3C)C2. The summed E-state index contributed by atoms with van der Waals surface area (Å²) in [7, 11) is 1.60. The summed E-state index contributed by atoms with van der Waals surface area (Å²) >= 11 is 0. The molecule has 3 aliphatic rings. The van der Waals surface area contributed by atoms with E-state index >= 15 is 0 Å². The number of benzene rings is 1. The van der Waals surface area contributed by atoms with Crippen LogP contribution in [0.25, 0.3) is 0 Å². The highest BCUT2D eigenvalue weighted by atomic mass is 16.5. The van der Waals surface area contributed by atoms with Crippen LogP contribution >= 0.6 is 0 Å². The number of aromatic hydroxyl groups is 1. The Kier molecular flexibility index (Phi) is 3.04. The first-order valence-electron chi connectivity index (χ1n) is 8.49. The highest BCUT2D eigenvalue weighted by Gasteiger charge is 2.57. The van der Waals surface area contributed by atoms with Crippen molar-refractivity contribution in [2.24, 2.45) is 17.8 Å². The summed E-state index contributed by atoms with van der Waals surface area (Å²) < 4.78 is 5.35. The molecule has 1 aromatic carbocycles. The Balaban J connectivity index is 1.99. The maximum Gasteiger partial charge on any atom is 0.161 e. The quantitative estimate of drug-likeness (QED) is 0.862. The lowest BCUT2D eigenvalue weighted by atomic mass is 9.45. The average molecular weight is 300 g/mol. The fourth-order valence-corrected chi connectivity index (χ4v) is 5.75. The molecule has 22 heavy (non-hydrogen) atoms. The van der Waals surface area contributed by atoms with Crippen LogP contribution in [0.3, 0.4) is 0 Å². The fourth-order valence-electron chi connectivity index (χ4n) is 5.75. The van der Waals surface area contributed by atoms with Crippen LogP contribution in [0.2, 0.25) is 0 Å². The normalized spacial score (nSPS) is 36.5. The summed E-state index contributed by atoms with van der Waals surface area (Å²) in [4.78, 5) is 12.3. The van der Waals surface area contributed by atoms with E-state index in [9.17, 15) is 9.90 Å². The Labute approximate surface area is 131 Å². The van der Waals surface area contributed by atoms with Gasteiger partial charge in [-0.2, -0.15) is 0 Å². The first-order valence-corrected chi connectivity index (χ1v) is 8.49. The van der Waals surface area contributed by atoms with Crippen LogP contribution in [0.1, 0.15) is 50.2 Å². The number of fused-ring (bicyclic) bond motifs is 1. The van der Waals surface area contributed by atoms with Crippen molar-refractivity contribution in [1.82, 2.24) is 0 Å². The molecule has 0 amide bonds. The van der Waals surface area contributed by atoms with E-state index < -0.39 is 0 Å². The molecule has 2 saturated carbocycles. The molecule has 4 rings (SSSR count). The molecule has 1 aromatic rings. The summed E-state index contributed by atoms with van der Waals surface area (Å²) in [6.45, 7) is 2.27. The summed E-state index contributed by atoms with van der Waals surface area (Å²) in [6, 6.07) is 3.98. The van der Waals surface area contributed by atoms with Gasteiger partial charge in [0, 0.05) is 23.8 Å². The first-order chi connectivity index (χ1) is 10.6. The summed E-state index contributed by atoms with van der Waals surface area (Å²) in [6.07, 6.45) is 5.77. The number of hydrogen-bond donors (Lipinski definition) is 1. The number of phenols is 1. The Morgan fingerprint density at radius 2 is 2.09 bits per heavy atom. The lowest BCUT2D eigenvalue weighted by molar-refractivity contribution is -0.127. The van der Waals surface area contributed by atoms with Crippen LogP contribution in [0.4, 0.5) is 0 Å². The van der Waals surface area contributed by atoms with E-state index in [1.807, 2.05) is 6.07 Å². The number of carbonyl (C=O) groups is 1. The van der Waals surface area contributed by atoms with Crippen LogP contribution in [-0.2, 0) is 16.6 Å². The molecule has 3 heteroatoms. The van der Waals surface area contributed by atoms with Gasteiger partial charge in [-0.1, -0.05) is 13.0 Å². The molecule has 2 bridgehead atoms. The van der Waals surface area contributed by atoms with E-state index in [1.54, 1.807) is 7.11 Å². The molecule has 0 spiro atoms. The minimum absolute atomic E-state index is 0.162. The molecule has 3 aliphatic carbocycles. The lowest BCUT2D eigenvalue weighted by Crippen LogP contribution is -2.55. The maximum atomic E-state index is 12.3. The monoisotopic (exact) mass is 300 g/mol. The van der Waals surface area contributed by atoms with Crippen LogP contribution < -0.4 is 4.74 Å². The third-order valence-corrected chi connectivity index (χ3v) is 6.70. The van der Waals surface area contributed by atoms with E-state index in [0.29, 0.717) is 35.7 Å². The Morgan fingerprint density at radius 1 is 1.27 bits per heavy atom. The molecule has 0 aromatic heterocycles. The van der Waals surface area contributed by atoms with E-state index in [0.717, 1.165) is 31.2 Å². The van der Waals surface area contributed by atoms with Gasteiger partial charge in [0.05, 0.1) is 7.11 Å². The van der Waals surface area contributed by atoms with E-state index in [4.69, 9.17) is 4.74 Å². The number of carbonyl (C=O) groups excluding carboxylic acids is 1. The second kappa shape index (κ2) is 4.74. The average Bonchev–Trinajstić information content (AvgIpc) is 2.50. The van der Waals surface area contributed by atoms with Crippen molar-refractivity contribution in [3.63, 3.8) is 0 Å². The second-order valence-electron chi connectivity index (χ2n) is 7.49. The van der Waals surface area contributed by atoms with Gasteiger partial charge in [-0.3, -0.25) is 4.79 Å². The molecular formula is C19H24O3. The van der Waals surface area contributed by atoms with Crippen molar-refractivity contribution in [2.45, 2.75) is 50.9 Å². The van der Waals surface area contributed by atoms with Gasteiger partial charge in [-0.15, -0.1) is 0 Å². The third kappa shape index (κ3) is 1.65. The molecule has 118 valence electrons. The largest absolute Gasteiger partial charge is 0.504 e. The first kappa shape index (κ1) is 14.1. The molecule has 2 fully saturated rings. The van der Waals surface area contributed by atoms with Gasteiger partial charge in [0.2, 0.25) is 0 Å². The Morgan fingerprint density at radius 3 is 2.86 bits per heavy atom. The van der Waals surface area contributed by atoms with Gasteiger partial charge in [0.25, 0.3) is 0 Å². The molecule has 0 heterocycles. The van der Waals surface area contributed by atoms with Crippen molar-refractivity contribution in [2.75, 3.05) is 7.11 Å². The topological polar surface area (TPSA) is 46.5 Å². The molecular weight excluding hydrogens is 276 g/mol. The van der Waals surface area contributed by atoms with Gasteiger partial charge in [-0.05, 0) is 55.1 Å². The molecule has 3 nitrogen and oxygen atoms in total. The maximum absolute atomic E-state index is 12.3. The van der Waals surface area contributed by atoms with Crippen molar-refractivity contribution in [1.29, 1.82) is 0 Å². The zero-order valence-corrected chi connectivity index (χ0v) is 13.4. The number of methoxy groups -OCH3 is 1. The smallest absolute Gasteiger partial charge is 0.161 e. The van der Waals surface area contributed by atoms with Crippen LogP contribution in [0.5, 0.6) is 11.5 Å². The molecule has 0 radical (unpaired) electrons. The highest BCUT2D eigenvalue weighted by molar-refractivity contribution is 5.82. The minimum Gasteiger partial charge on any atom is -0.504 e.